The molecule has 128 valence electrons. The molecule has 3 N–H and O–H groups in total. The van der Waals surface area contributed by atoms with Crippen LogP contribution in [0.2, 0.25) is 0 Å². The van der Waals surface area contributed by atoms with Crippen molar-refractivity contribution in [1.82, 2.24) is 10.6 Å². The van der Waals surface area contributed by atoms with Crippen LogP contribution in [0.15, 0.2) is 30.3 Å². The zero-order chi connectivity index (χ0) is 16.3. The van der Waals surface area contributed by atoms with Gasteiger partial charge >= 0.3 is 6.03 Å². The summed E-state index contributed by atoms with van der Waals surface area (Å²) in [4.78, 5) is 11.6. The first-order valence-corrected chi connectivity index (χ1v) is 8.21. The molecule has 1 aliphatic rings. The lowest BCUT2D eigenvalue weighted by Gasteiger charge is -2.26. The number of aliphatic hydroxyl groups excluding tert-OH is 1. The molecule has 1 aromatic carbocycles. The molecule has 0 radical (unpaired) electrons. The lowest BCUT2D eigenvalue weighted by atomic mass is 9.92. The third-order valence-electron chi connectivity index (χ3n) is 3.94. The van der Waals surface area contributed by atoms with E-state index in [4.69, 9.17) is 9.47 Å². The topological polar surface area (TPSA) is 79.8 Å². The number of hydrogen-bond acceptors (Lipinski definition) is 4. The van der Waals surface area contributed by atoms with Crippen molar-refractivity contribution in [2.75, 3.05) is 32.9 Å². The quantitative estimate of drug-likeness (QED) is 0.634. The van der Waals surface area contributed by atoms with E-state index in [-0.39, 0.29) is 18.1 Å². The fourth-order valence-electron chi connectivity index (χ4n) is 2.58. The Morgan fingerprint density at radius 3 is 2.65 bits per heavy atom. The lowest BCUT2D eigenvalue weighted by molar-refractivity contribution is 0.00545. The highest BCUT2D eigenvalue weighted by molar-refractivity contribution is 5.73. The Morgan fingerprint density at radius 2 is 1.91 bits per heavy atom. The van der Waals surface area contributed by atoms with Crippen molar-refractivity contribution in [3.8, 4) is 5.75 Å². The van der Waals surface area contributed by atoms with Gasteiger partial charge in [0.2, 0.25) is 0 Å². The number of benzene rings is 1. The van der Waals surface area contributed by atoms with Crippen LogP contribution in [0.25, 0.3) is 0 Å². The van der Waals surface area contributed by atoms with Gasteiger partial charge in [-0.15, -0.1) is 0 Å². The van der Waals surface area contributed by atoms with E-state index in [0.29, 0.717) is 26.1 Å². The SMILES string of the molecule is O=C(NCCOc1ccccc1)NCC[C@H](O)C1CCOCC1. The maximum Gasteiger partial charge on any atom is 0.314 e. The van der Waals surface area contributed by atoms with Gasteiger partial charge in [-0.1, -0.05) is 18.2 Å². The molecule has 1 aromatic rings. The van der Waals surface area contributed by atoms with Crippen LogP contribution in [0, 0.1) is 5.92 Å². The number of hydrogen-bond donors (Lipinski definition) is 3. The van der Waals surface area contributed by atoms with Crippen molar-refractivity contribution in [1.29, 1.82) is 0 Å². The second-order valence-electron chi connectivity index (χ2n) is 5.65. The van der Waals surface area contributed by atoms with Gasteiger partial charge in [-0.2, -0.15) is 0 Å². The van der Waals surface area contributed by atoms with E-state index in [9.17, 15) is 9.90 Å². The van der Waals surface area contributed by atoms with E-state index in [2.05, 4.69) is 10.6 Å². The van der Waals surface area contributed by atoms with E-state index in [1.807, 2.05) is 30.3 Å². The van der Waals surface area contributed by atoms with Gasteiger partial charge in [0.25, 0.3) is 0 Å². The van der Waals surface area contributed by atoms with Gasteiger partial charge in [0.15, 0.2) is 0 Å². The summed E-state index contributed by atoms with van der Waals surface area (Å²) in [5, 5.41) is 15.6. The second-order valence-corrected chi connectivity index (χ2v) is 5.65. The summed E-state index contributed by atoms with van der Waals surface area (Å²) in [7, 11) is 0. The minimum atomic E-state index is -0.374. The second kappa shape index (κ2) is 10.1. The third-order valence-corrected chi connectivity index (χ3v) is 3.94. The summed E-state index contributed by atoms with van der Waals surface area (Å²) in [6, 6.07) is 9.24. The van der Waals surface area contributed by atoms with E-state index >= 15 is 0 Å². The predicted octanol–water partition coefficient (Wildman–Crippen LogP) is 1.54. The lowest BCUT2D eigenvalue weighted by Crippen LogP contribution is -2.39. The highest BCUT2D eigenvalue weighted by atomic mass is 16.5. The molecular formula is C17H26N2O4. The molecule has 0 unspecified atom stereocenters. The Bertz CT molecular complexity index is 449. The van der Waals surface area contributed by atoms with Crippen LogP contribution in [-0.2, 0) is 4.74 Å². The number of urea groups is 1. The number of ether oxygens (including phenoxy) is 2. The zero-order valence-electron chi connectivity index (χ0n) is 13.4. The first kappa shape index (κ1) is 17.6. The molecule has 1 heterocycles. The van der Waals surface area contributed by atoms with Crippen LogP contribution in [-0.4, -0.2) is 50.2 Å². The standard InChI is InChI=1S/C17H26N2O4/c20-16(14-7-11-22-12-8-14)6-9-18-17(21)19-10-13-23-15-4-2-1-3-5-15/h1-5,14,16,20H,6-13H2,(H2,18,19,21)/t16-/m0/s1. The van der Waals surface area contributed by atoms with Crippen LogP contribution in [0.3, 0.4) is 0 Å². The first-order valence-electron chi connectivity index (χ1n) is 8.21. The number of carbonyl (C=O) groups excluding carboxylic acids is 1. The van der Waals surface area contributed by atoms with Crippen LogP contribution in [0.1, 0.15) is 19.3 Å². The van der Waals surface area contributed by atoms with E-state index in [1.54, 1.807) is 0 Å². The van der Waals surface area contributed by atoms with Crippen LogP contribution in [0.5, 0.6) is 5.75 Å². The monoisotopic (exact) mass is 322 g/mol. The summed E-state index contributed by atoms with van der Waals surface area (Å²) >= 11 is 0. The molecule has 0 aromatic heterocycles. The molecule has 1 aliphatic heterocycles. The van der Waals surface area contributed by atoms with Crippen molar-refractivity contribution in [2.24, 2.45) is 5.92 Å². The predicted molar refractivity (Wildman–Crippen MR) is 87.5 cm³/mol. The first-order chi connectivity index (χ1) is 11.3. The summed E-state index contributed by atoms with van der Waals surface area (Å²) in [6.07, 6.45) is 1.98. The van der Waals surface area contributed by atoms with E-state index in [0.717, 1.165) is 31.8 Å². The number of carbonyl (C=O) groups is 1. The number of rotatable bonds is 8. The molecule has 6 nitrogen and oxygen atoms in total. The molecule has 2 rings (SSSR count). The third kappa shape index (κ3) is 6.88. The average Bonchev–Trinajstić information content (AvgIpc) is 2.60. The molecule has 2 amide bonds. The van der Waals surface area contributed by atoms with Gasteiger partial charge in [0.1, 0.15) is 12.4 Å². The van der Waals surface area contributed by atoms with Gasteiger partial charge in [-0.05, 0) is 37.3 Å². The molecule has 0 bridgehead atoms. The fourth-order valence-corrected chi connectivity index (χ4v) is 2.58. The Kier molecular flexibility index (Phi) is 7.69. The van der Waals surface area contributed by atoms with Gasteiger partial charge in [0, 0.05) is 19.8 Å². The Balaban J connectivity index is 1.49. The maximum absolute atomic E-state index is 11.6. The van der Waals surface area contributed by atoms with Gasteiger partial charge in [0.05, 0.1) is 12.6 Å². The van der Waals surface area contributed by atoms with Crippen molar-refractivity contribution < 1.29 is 19.4 Å². The molecule has 1 fully saturated rings. The average molecular weight is 322 g/mol. The minimum Gasteiger partial charge on any atom is -0.492 e. The molecule has 1 saturated heterocycles. The molecule has 1 atom stereocenters. The molecular weight excluding hydrogens is 296 g/mol. The van der Waals surface area contributed by atoms with Crippen molar-refractivity contribution in [2.45, 2.75) is 25.4 Å². The number of nitrogens with one attached hydrogen (secondary N) is 2. The van der Waals surface area contributed by atoms with Crippen molar-refractivity contribution in [3.63, 3.8) is 0 Å². The Morgan fingerprint density at radius 1 is 1.22 bits per heavy atom. The summed E-state index contributed by atoms with van der Waals surface area (Å²) in [6.45, 7) is 2.75. The molecule has 0 aliphatic carbocycles. The van der Waals surface area contributed by atoms with Crippen LogP contribution in [0.4, 0.5) is 4.79 Å². The van der Waals surface area contributed by atoms with Gasteiger partial charge < -0.3 is 25.2 Å². The summed E-state index contributed by atoms with van der Waals surface area (Å²) < 4.78 is 10.8. The van der Waals surface area contributed by atoms with Crippen LogP contribution >= 0.6 is 0 Å². The summed E-state index contributed by atoms with van der Waals surface area (Å²) in [5.74, 6) is 1.07. The van der Waals surface area contributed by atoms with E-state index in [1.165, 1.54) is 0 Å². The molecule has 0 saturated carbocycles. The van der Waals surface area contributed by atoms with Gasteiger partial charge in [-0.25, -0.2) is 4.79 Å². The van der Waals surface area contributed by atoms with Crippen molar-refractivity contribution >= 4 is 6.03 Å². The van der Waals surface area contributed by atoms with Crippen molar-refractivity contribution in [3.05, 3.63) is 30.3 Å². The zero-order valence-corrected chi connectivity index (χ0v) is 13.4. The highest BCUT2D eigenvalue weighted by Gasteiger charge is 2.21. The van der Waals surface area contributed by atoms with Gasteiger partial charge in [-0.3, -0.25) is 0 Å². The molecule has 0 spiro atoms. The van der Waals surface area contributed by atoms with E-state index < -0.39 is 0 Å². The number of para-hydroxylation sites is 1. The molecule has 23 heavy (non-hydrogen) atoms. The highest BCUT2D eigenvalue weighted by Crippen LogP contribution is 2.20. The Hall–Kier alpha value is -1.79. The normalized spacial score (nSPS) is 16.6. The maximum atomic E-state index is 11.6. The van der Waals surface area contributed by atoms with Crippen LogP contribution < -0.4 is 15.4 Å². The Labute approximate surface area is 137 Å². The summed E-state index contributed by atoms with van der Waals surface area (Å²) in [5.41, 5.74) is 0. The number of amides is 2. The fraction of sp³-hybridized carbons (Fsp3) is 0.588. The number of aliphatic hydroxyl groups is 1. The smallest absolute Gasteiger partial charge is 0.314 e. The minimum absolute atomic E-state index is 0.235. The largest absolute Gasteiger partial charge is 0.492 e. The molecule has 6 heteroatoms.